The van der Waals surface area contributed by atoms with Gasteiger partial charge in [-0.05, 0) is 98.7 Å². The van der Waals surface area contributed by atoms with E-state index in [9.17, 15) is 24.0 Å². The maximum atomic E-state index is 12.5. The van der Waals surface area contributed by atoms with Crippen LogP contribution in [-0.2, 0) is 33.0 Å². The van der Waals surface area contributed by atoms with Gasteiger partial charge < -0.3 is 29.2 Å². The van der Waals surface area contributed by atoms with E-state index in [4.69, 9.17) is 14.2 Å². The monoisotopic (exact) mass is 904 g/mol. The molecule has 0 bridgehead atoms. The van der Waals surface area contributed by atoms with Crippen molar-refractivity contribution in [2.45, 2.75) is 91.0 Å². The number of aromatic nitrogens is 4. The molecule has 56 heavy (non-hydrogen) atoms. The average molecular weight is 907 g/mol. The van der Waals surface area contributed by atoms with Crippen molar-refractivity contribution in [2.75, 3.05) is 26.2 Å². The van der Waals surface area contributed by atoms with Crippen LogP contribution in [-0.4, -0.2) is 85.4 Å². The minimum atomic E-state index is -1.06. The van der Waals surface area contributed by atoms with Gasteiger partial charge in [0.05, 0.1) is 27.7 Å². The third kappa shape index (κ3) is 12.1. The summed E-state index contributed by atoms with van der Waals surface area (Å²) in [4.78, 5) is 69.6. The first-order valence-corrected chi connectivity index (χ1v) is 19.6. The summed E-state index contributed by atoms with van der Waals surface area (Å²) in [6.07, 6.45) is -2.44. The largest absolute Gasteiger partial charge is 0.519 e. The molecule has 15 nitrogen and oxygen atoms in total. The first-order valence-electron chi connectivity index (χ1n) is 18.0. The standard InChI is InChI=1S/C17H20BrN3O3.C12H12BrN3O.C10H18O5/c1-17(2,3)24-16(23)21-8-10(9-21)14-19-13-7-11(18)5-6-12(13)15(22)20(14)4;1-16-11(7-5-14-6-7)15-10-4-8(13)2-3-9(10)12(16)17;1-9(2,3)14-7(11)13-8(12)15-10(4,5)6/h5-7,10H,8-9H2,1-4H3;2-4,7,14H,5-6H2,1H3;1-6H3. The first-order chi connectivity index (χ1) is 25.8. The van der Waals surface area contributed by atoms with Gasteiger partial charge in [-0.2, -0.15) is 0 Å². The van der Waals surface area contributed by atoms with E-state index in [1.807, 2.05) is 51.1 Å². The van der Waals surface area contributed by atoms with Crippen molar-refractivity contribution in [1.29, 1.82) is 0 Å². The van der Waals surface area contributed by atoms with E-state index in [-0.39, 0.29) is 23.1 Å². The predicted octanol–water partition coefficient (Wildman–Crippen LogP) is 7.29. The quantitative estimate of drug-likeness (QED) is 0.121. The first kappa shape index (κ1) is 44.4. The lowest BCUT2D eigenvalue weighted by atomic mass is 9.99. The Bertz CT molecular complexity index is 2200. The van der Waals surface area contributed by atoms with Gasteiger partial charge in [-0.15, -0.1) is 0 Å². The van der Waals surface area contributed by atoms with Crippen molar-refractivity contribution < 1.29 is 33.3 Å². The number of nitrogens with one attached hydrogen (secondary N) is 1. The predicted molar refractivity (Wildman–Crippen MR) is 219 cm³/mol. The molecule has 0 spiro atoms. The third-order valence-corrected chi connectivity index (χ3v) is 9.12. The molecule has 304 valence electrons. The normalized spacial score (nSPS) is 14.7. The fourth-order valence-corrected chi connectivity index (χ4v) is 6.15. The van der Waals surface area contributed by atoms with E-state index >= 15 is 0 Å². The summed E-state index contributed by atoms with van der Waals surface area (Å²) in [6, 6.07) is 11.0. The minimum Gasteiger partial charge on any atom is -0.444 e. The summed E-state index contributed by atoms with van der Waals surface area (Å²) < 4.78 is 24.2. The molecule has 2 aliphatic rings. The number of benzene rings is 2. The Labute approximate surface area is 342 Å². The average Bonchev–Trinajstić information content (AvgIpc) is 2.98. The number of fused-ring (bicyclic) bond motifs is 2. The second-order valence-electron chi connectivity index (χ2n) is 16.5. The number of hydrogen-bond acceptors (Lipinski definition) is 12. The molecule has 0 saturated carbocycles. The maximum absolute atomic E-state index is 12.5. The minimum absolute atomic E-state index is 0.0319. The van der Waals surface area contributed by atoms with Crippen molar-refractivity contribution in [3.8, 4) is 0 Å². The number of halogens is 2. The summed E-state index contributed by atoms with van der Waals surface area (Å²) >= 11 is 6.81. The van der Waals surface area contributed by atoms with Crippen LogP contribution < -0.4 is 16.4 Å². The molecule has 2 fully saturated rings. The molecule has 17 heteroatoms. The van der Waals surface area contributed by atoms with E-state index in [0.717, 1.165) is 33.4 Å². The molecule has 2 aromatic carbocycles. The van der Waals surface area contributed by atoms with E-state index in [2.05, 4.69) is 51.9 Å². The van der Waals surface area contributed by atoms with Gasteiger partial charge in [0.1, 0.15) is 28.5 Å². The molecule has 4 aromatic rings. The lowest BCUT2D eigenvalue weighted by Crippen LogP contribution is -2.51. The smallest absolute Gasteiger partial charge is 0.444 e. The van der Waals surface area contributed by atoms with Gasteiger partial charge in [0.15, 0.2) is 0 Å². The Morgan fingerprint density at radius 3 is 1.41 bits per heavy atom. The van der Waals surface area contributed by atoms with E-state index < -0.39 is 29.1 Å². The van der Waals surface area contributed by atoms with Crippen molar-refractivity contribution in [3.05, 3.63) is 77.7 Å². The molecule has 0 aliphatic carbocycles. The van der Waals surface area contributed by atoms with Gasteiger partial charge in [-0.25, -0.2) is 24.4 Å². The van der Waals surface area contributed by atoms with Crippen LogP contribution in [0, 0.1) is 0 Å². The zero-order valence-corrected chi connectivity index (χ0v) is 36.8. The van der Waals surface area contributed by atoms with Gasteiger partial charge in [0.25, 0.3) is 11.1 Å². The molecule has 0 radical (unpaired) electrons. The van der Waals surface area contributed by atoms with Gasteiger partial charge in [-0.1, -0.05) is 31.9 Å². The lowest BCUT2D eigenvalue weighted by Gasteiger charge is -2.39. The summed E-state index contributed by atoms with van der Waals surface area (Å²) in [6.45, 7) is 18.4. The topological polar surface area (TPSA) is 173 Å². The number of carbonyl (C=O) groups excluding carboxylic acids is 3. The lowest BCUT2D eigenvalue weighted by molar-refractivity contribution is -0.0294. The molecule has 4 heterocycles. The highest BCUT2D eigenvalue weighted by atomic mass is 79.9. The van der Waals surface area contributed by atoms with Crippen LogP contribution in [0.3, 0.4) is 0 Å². The second kappa shape index (κ2) is 17.4. The fourth-order valence-electron chi connectivity index (χ4n) is 5.45. The maximum Gasteiger partial charge on any atom is 0.519 e. The Kier molecular flexibility index (Phi) is 13.8. The molecule has 2 saturated heterocycles. The fraction of sp³-hybridized carbons (Fsp3) is 0.513. The Hall–Kier alpha value is -4.35. The van der Waals surface area contributed by atoms with E-state index in [0.29, 0.717) is 41.1 Å². The van der Waals surface area contributed by atoms with E-state index in [1.165, 1.54) is 0 Å². The summed E-state index contributed by atoms with van der Waals surface area (Å²) in [5, 5.41) is 4.46. The molecule has 2 aromatic heterocycles. The van der Waals surface area contributed by atoms with Crippen LogP contribution in [0.15, 0.2) is 54.9 Å². The molecular weight excluding hydrogens is 856 g/mol. The van der Waals surface area contributed by atoms with Crippen molar-refractivity contribution in [1.82, 2.24) is 29.3 Å². The van der Waals surface area contributed by atoms with Crippen LogP contribution in [0.1, 0.15) is 85.8 Å². The highest BCUT2D eigenvalue weighted by molar-refractivity contribution is 9.10. The van der Waals surface area contributed by atoms with E-state index in [1.54, 1.807) is 75.7 Å². The molecule has 1 N–H and O–H groups in total. The Morgan fingerprint density at radius 2 is 1.05 bits per heavy atom. The highest BCUT2D eigenvalue weighted by Crippen LogP contribution is 2.28. The van der Waals surface area contributed by atoms with Gasteiger partial charge in [0.2, 0.25) is 0 Å². The van der Waals surface area contributed by atoms with Crippen molar-refractivity contribution >= 4 is 72.1 Å². The molecule has 6 rings (SSSR count). The zero-order valence-electron chi connectivity index (χ0n) is 33.6. The van der Waals surface area contributed by atoms with Crippen LogP contribution >= 0.6 is 31.9 Å². The summed E-state index contributed by atoms with van der Waals surface area (Å²) in [7, 11) is 3.52. The number of likely N-dealkylation sites (tertiary alicyclic amines) is 1. The second-order valence-corrected chi connectivity index (χ2v) is 18.3. The van der Waals surface area contributed by atoms with Crippen LogP contribution in [0.2, 0.25) is 0 Å². The number of hydrogen-bond donors (Lipinski definition) is 1. The zero-order chi connectivity index (χ0) is 41.9. The number of nitrogens with zero attached hydrogens (tertiary/aromatic N) is 5. The number of rotatable bonds is 2. The van der Waals surface area contributed by atoms with Crippen molar-refractivity contribution in [2.24, 2.45) is 14.1 Å². The van der Waals surface area contributed by atoms with Gasteiger partial charge in [0, 0.05) is 55.1 Å². The van der Waals surface area contributed by atoms with Gasteiger partial charge in [-0.3, -0.25) is 18.7 Å². The Morgan fingerprint density at radius 1 is 0.661 bits per heavy atom. The Balaban J connectivity index is 0.000000194. The number of carbonyl (C=O) groups is 3. The summed E-state index contributed by atoms with van der Waals surface area (Å²) in [5.74, 6) is 1.97. The molecule has 2 aliphatic heterocycles. The highest BCUT2D eigenvalue weighted by Gasteiger charge is 2.37. The van der Waals surface area contributed by atoms with Crippen LogP contribution in [0.25, 0.3) is 21.8 Å². The molecule has 0 unspecified atom stereocenters. The van der Waals surface area contributed by atoms with Crippen LogP contribution in [0.4, 0.5) is 14.4 Å². The SMILES string of the molecule is CC(C)(C)OC(=O)OC(=O)OC(C)(C)C.Cn1c(C2CN(C(=O)OC(C)(C)C)C2)nc2cc(Br)ccc2c1=O.Cn1c(C2CNC2)nc2cc(Br)ccc2c1=O. The van der Waals surface area contributed by atoms with Crippen LogP contribution in [0.5, 0.6) is 0 Å². The number of ether oxygens (including phenoxy) is 4. The molecule has 0 atom stereocenters. The third-order valence-electron chi connectivity index (χ3n) is 8.14. The molecule has 1 amide bonds. The number of amides is 1. The van der Waals surface area contributed by atoms with Gasteiger partial charge >= 0.3 is 18.4 Å². The summed E-state index contributed by atoms with van der Waals surface area (Å²) in [5.41, 5.74) is -0.508. The molecular formula is C39H50Br2N6O9. The van der Waals surface area contributed by atoms with Crippen molar-refractivity contribution in [3.63, 3.8) is 0 Å².